The number of anilines is 1. The molecule has 2 aromatic rings. The van der Waals surface area contributed by atoms with Gasteiger partial charge in [-0.25, -0.2) is 4.98 Å². The largest absolute Gasteiger partial charge is 0.497 e. The van der Waals surface area contributed by atoms with Crippen LogP contribution in [0.3, 0.4) is 0 Å². The zero-order valence-corrected chi connectivity index (χ0v) is 13.1. The molecule has 0 N–H and O–H groups in total. The minimum Gasteiger partial charge on any atom is -0.497 e. The first-order chi connectivity index (χ1) is 10.2. The monoisotopic (exact) mass is 306 g/mol. The molecule has 2 rings (SSSR count). The van der Waals surface area contributed by atoms with E-state index in [2.05, 4.69) is 4.98 Å². The molecule has 1 aromatic heterocycles. The summed E-state index contributed by atoms with van der Waals surface area (Å²) in [6.45, 7) is 2.52. The number of hydrogen-bond acceptors (Lipinski definition) is 5. The minimum absolute atomic E-state index is 0.0392. The van der Waals surface area contributed by atoms with Gasteiger partial charge < -0.3 is 9.47 Å². The zero-order chi connectivity index (χ0) is 15.2. The fourth-order valence-electron chi connectivity index (χ4n) is 1.85. The number of aromatic nitrogens is 1. The Morgan fingerprint density at radius 2 is 2.00 bits per heavy atom. The molecule has 0 spiro atoms. The van der Waals surface area contributed by atoms with Crippen molar-refractivity contribution in [3.05, 3.63) is 29.6 Å². The van der Waals surface area contributed by atoms with E-state index in [1.807, 2.05) is 29.6 Å². The van der Waals surface area contributed by atoms with Crippen molar-refractivity contribution in [2.45, 2.75) is 6.92 Å². The van der Waals surface area contributed by atoms with Gasteiger partial charge in [-0.3, -0.25) is 9.69 Å². The number of benzene rings is 1. The van der Waals surface area contributed by atoms with Crippen molar-refractivity contribution in [3.63, 3.8) is 0 Å². The van der Waals surface area contributed by atoms with Crippen molar-refractivity contribution in [1.29, 1.82) is 0 Å². The second-order valence-electron chi connectivity index (χ2n) is 4.41. The maximum absolute atomic E-state index is 11.7. The average Bonchev–Trinajstić information content (AvgIpc) is 2.97. The number of thiazole rings is 1. The van der Waals surface area contributed by atoms with E-state index in [-0.39, 0.29) is 5.91 Å². The van der Waals surface area contributed by atoms with Crippen LogP contribution in [0, 0.1) is 0 Å². The van der Waals surface area contributed by atoms with Crippen molar-refractivity contribution in [1.82, 2.24) is 4.98 Å². The molecule has 1 amide bonds. The minimum atomic E-state index is -0.0392. The molecule has 6 heteroatoms. The van der Waals surface area contributed by atoms with Gasteiger partial charge in [0.25, 0.3) is 0 Å². The lowest BCUT2D eigenvalue weighted by molar-refractivity contribution is -0.116. The van der Waals surface area contributed by atoms with Gasteiger partial charge in [-0.1, -0.05) is 0 Å². The topological polar surface area (TPSA) is 51.7 Å². The maximum atomic E-state index is 11.7. The van der Waals surface area contributed by atoms with Crippen LogP contribution >= 0.6 is 11.3 Å². The Kier molecular flexibility index (Phi) is 5.30. The highest BCUT2D eigenvalue weighted by Gasteiger charge is 2.15. The summed E-state index contributed by atoms with van der Waals surface area (Å²) in [4.78, 5) is 17.9. The van der Waals surface area contributed by atoms with Crippen LogP contribution in [0.2, 0.25) is 0 Å². The van der Waals surface area contributed by atoms with Crippen LogP contribution in [0.25, 0.3) is 11.3 Å². The van der Waals surface area contributed by atoms with Crippen molar-refractivity contribution < 1.29 is 14.3 Å². The molecule has 0 fully saturated rings. The lowest BCUT2D eigenvalue weighted by Gasteiger charge is -2.16. The van der Waals surface area contributed by atoms with Gasteiger partial charge in [0.05, 0.1) is 26.0 Å². The van der Waals surface area contributed by atoms with E-state index >= 15 is 0 Å². The Balaban J connectivity index is 2.20. The second-order valence-corrected chi connectivity index (χ2v) is 5.24. The van der Waals surface area contributed by atoms with Gasteiger partial charge in [-0.15, -0.1) is 11.3 Å². The van der Waals surface area contributed by atoms with Crippen LogP contribution in [0.5, 0.6) is 5.75 Å². The molecule has 0 atom stereocenters. The maximum Gasteiger partial charge on any atom is 0.225 e. The molecule has 112 valence electrons. The molecule has 0 saturated carbocycles. The van der Waals surface area contributed by atoms with E-state index < -0.39 is 0 Å². The highest BCUT2D eigenvalue weighted by atomic mass is 32.1. The lowest BCUT2D eigenvalue weighted by Crippen LogP contribution is -2.31. The van der Waals surface area contributed by atoms with Crippen molar-refractivity contribution in [2.75, 3.05) is 32.3 Å². The third-order valence-corrected chi connectivity index (χ3v) is 3.87. The Morgan fingerprint density at radius 1 is 1.29 bits per heavy atom. The first-order valence-electron chi connectivity index (χ1n) is 6.52. The average molecular weight is 306 g/mol. The number of amides is 1. The summed E-state index contributed by atoms with van der Waals surface area (Å²) in [6.07, 6.45) is 0. The predicted molar refractivity (Wildman–Crippen MR) is 84.0 cm³/mol. The number of ether oxygens (including phenoxy) is 2. The molecular formula is C15H18N2O3S. The number of nitrogens with zero attached hydrogens (tertiary/aromatic N) is 2. The quantitative estimate of drug-likeness (QED) is 0.823. The van der Waals surface area contributed by atoms with Gasteiger partial charge in [0.1, 0.15) is 5.75 Å². The molecule has 0 unspecified atom stereocenters. The molecule has 0 radical (unpaired) electrons. The molecule has 0 saturated heterocycles. The first kappa shape index (κ1) is 15.5. The van der Waals surface area contributed by atoms with Crippen LogP contribution in [0.1, 0.15) is 6.92 Å². The zero-order valence-electron chi connectivity index (χ0n) is 12.3. The smallest absolute Gasteiger partial charge is 0.225 e. The summed E-state index contributed by atoms with van der Waals surface area (Å²) in [5.74, 6) is 0.766. The van der Waals surface area contributed by atoms with E-state index in [1.165, 1.54) is 18.3 Å². The van der Waals surface area contributed by atoms with Crippen molar-refractivity contribution >= 4 is 22.4 Å². The fourth-order valence-corrected chi connectivity index (χ4v) is 2.76. The van der Waals surface area contributed by atoms with Crippen molar-refractivity contribution in [2.24, 2.45) is 0 Å². The number of methoxy groups -OCH3 is 2. The summed E-state index contributed by atoms with van der Waals surface area (Å²) in [7, 11) is 3.25. The van der Waals surface area contributed by atoms with Crippen molar-refractivity contribution in [3.8, 4) is 17.0 Å². The normalized spacial score (nSPS) is 10.4. The highest BCUT2D eigenvalue weighted by molar-refractivity contribution is 7.14. The molecular weight excluding hydrogens is 288 g/mol. The van der Waals surface area contributed by atoms with E-state index in [1.54, 1.807) is 19.1 Å². The third-order valence-electron chi connectivity index (χ3n) is 3.01. The highest BCUT2D eigenvalue weighted by Crippen LogP contribution is 2.28. The molecule has 1 heterocycles. The van der Waals surface area contributed by atoms with Gasteiger partial charge in [0.2, 0.25) is 5.91 Å². The van der Waals surface area contributed by atoms with Crippen LogP contribution < -0.4 is 9.64 Å². The van der Waals surface area contributed by atoms with E-state index in [4.69, 9.17) is 9.47 Å². The second kappa shape index (κ2) is 7.19. The summed E-state index contributed by atoms with van der Waals surface area (Å²) in [5, 5.41) is 2.63. The Labute approximate surface area is 128 Å². The van der Waals surface area contributed by atoms with Gasteiger partial charge in [0.15, 0.2) is 5.13 Å². The number of carbonyl (C=O) groups excluding carboxylic acids is 1. The molecule has 5 nitrogen and oxygen atoms in total. The molecule has 1 aromatic carbocycles. The molecule has 0 aliphatic heterocycles. The summed E-state index contributed by atoms with van der Waals surface area (Å²) in [6, 6.07) is 7.68. The van der Waals surface area contributed by atoms with Gasteiger partial charge in [-0.05, 0) is 24.3 Å². The Bertz CT molecular complexity index is 595. The van der Waals surface area contributed by atoms with Crippen LogP contribution in [-0.4, -0.2) is 38.3 Å². The van der Waals surface area contributed by atoms with E-state index in [0.29, 0.717) is 18.3 Å². The Hall–Kier alpha value is -1.92. The van der Waals surface area contributed by atoms with Gasteiger partial charge in [0, 0.05) is 25.0 Å². The number of carbonyl (C=O) groups is 1. The van der Waals surface area contributed by atoms with E-state index in [9.17, 15) is 4.79 Å². The SMILES string of the molecule is COCCN(C(C)=O)c1nc(-c2ccc(OC)cc2)cs1. The van der Waals surface area contributed by atoms with Gasteiger partial charge in [-0.2, -0.15) is 0 Å². The lowest BCUT2D eigenvalue weighted by atomic mass is 10.2. The standard InChI is InChI=1S/C15H18N2O3S/c1-11(18)17(8-9-19-2)15-16-14(10-21-15)12-4-6-13(20-3)7-5-12/h4-7,10H,8-9H2,1-3H3. The molecule has 21 heavy (non-hydrogen) atoms. The first-order valence-corrected chi connectivity index (χ1v) is 7.40. The third kappa shape index (κ3) is 3.80. The van der Waals surface area contributed by atoms with Crippen LogP contribution in [-0.2, 0) is 9.53 Å². The molecule has 0 aliphatic rings. The summed E-state index contributed by atoms with van der Waals surface area (Å²) >= 11 is 1.45. The number of hydrogen-bond donors (Lipinski definition) is 0. The molecule has 0 aliphatic carbocycles. The van der Waals surface area contributed by atoms with Gasteiger partial charge >= 0.3 is 0 Å². The molecule has 0 bridgehead atoms. The van der Waals surface area contributed by atoms with Crippen LogP contribution in [0.4, 0.5) is 5.13 Å². The predicted octanol–water partition coefficient (Wildman–Crippen LogP) is 2.82. The fraction of sp³-hybridized carbons (Fsp3) is 0.333. The number of rotatable bonds is 6. The summed E-state index contributed by atoms with van der Waals surface area (Å²) < 4.78 is 10.2. The van der Waals surface area contributed by atoms with E-state index in [0.717, 1.165) is 17.0 Å². The summed E-state index contributed by atoms with van der Waals surface area (Å²) in [5.41, 5.74) is 1.84. The van der Waals surface area contributed by atoms with Crippen LogP contribution in [0.15, 0.2) is 29.6 Å². The Morgan fingerprint density at radius 3 is 2.57 bits per heavy atom.